The van der Waals surface area contributed by atoms with Gasteiger partial charge in [0, 0.05) is 31.8 Å². The maximum Gasteiger partial charge on any atom is 0.304 e. The molecule has 20 heavy (non-hydrogen) atoms. The van der Waals surface area contributed by atoms with Crippen molar-refractivity contribution in [3.63, 3.8) is 0 Å². The van der Waals surface area contributed by atoms with Crippen LogP contribution in [0.1, 0.15) is 6.42 Å². The average molecular weight is 303 g/mol. The fourth-order valence-electron chi connectivity index (χ4n) is 1.48. The number of hydrogen-bond acceptors (Lipinski definition) is 5. The van der Waals surface area contributed by atoms with Gasteiger partial charge < -0.3 is 14.6 Å². The summed E-state index contributed by atoms with van der Waals surface area (Å²) in [5, 5.41) is 8.60. The van der Waals surface area contributed by atoms with Crippen LogP contribution >= 0.6 is 0 Å². The Labute approximate surface area is 117 Å². The first kappa shape index (κ1) is 16.3. The molecule has 1 aromatic rings. The van der Waals surface area contributed by atoms with Crippen LogP contribution in [0.2, 0.25) is 0 Å². The zero-order valence-electron chi connectivity index (χ0n) is 11.5. The highest BCUT2D eigenvalue weighted by Gasteiger charge is 2.22. The molecule has 0 aliphatic rings. The molecule has 1 aromatic carbocycles. The third-order valence-electron chi connectivity index (χ3n) is 2.67. The van der Waals surface area contributed by atoms with E-state index in [1.54, 1.807) is 6.07 Å². The predicted octanol–water partition coefficient (Wildman–Crippen LogP) is 0.799. The molecule has 0 spiro atoms. The normalized spacial score (nSPS) is 11.4. The molecule has 0 saturated heterocycles. The van der Waals surface area contributed by atoms with Gasteiger partial charge in [0.05, 0.1) is 25.5 Å². The molecule has 0 aliphatic carbocycles. The van der Waals surface area contributed by atoms with Gasteiger partial charge in [0.2, 0.25) is 10.0 Å². The molecule has 0 aromatic heterocycles. The van der Waals surface area contributed by atoms with Crippen LogP contribution in [-0.4, -0.2) is 51.6 Å². The van der Waals surface area contributed by atoms with Crippen LogP contribution in [0.3, 0.4) is 0 Å². The van der Waals surface area contributed by atoms with Crippen molar-refractivity contribution in [3.05, 3.63) is 18.2 Å². The Hall–Kier alpha value is -1.80. The monoisotopic (exact) mass is 303 g/mol. The number of rotatable bonds is 7. The van der Waals surface area contributed by atoms with E-state index in [2.05, 4.69) is 0 Å². The first-order valence-electron chi connectivity index (χ1n) is 5.72. The van der Waals surface area contributed by atoms with Crippen molar-refractivity contribution in [2.75, 3.05) is 27.8 Å². The van der Waals surface area contributed by atoms with E-state index < -0.39 is 16.0 Å². The summed E-state index contributed by atoms with van der Waals surface area (Å²) in [6, 6.07) is 4.26. The Balaban J connectivity index is 3.10. The van der Waals surface area contributed by atoms with Crippen LogP contribution in [0.4, 0.5) is 0 Å². The van der Waals surface area contributed by atoms with Gasteiger partial charge in [0.25, 0.3) is 0 Å². The maximum absolute atomic E-state index is 12.3. The molecule has 0 radical (unpaired) electrons. The first-order valence-corrected chi connectivity index (χ1v) is 7.16. The highest BCUT2D eigenvalue weighted by atomic mass is 32.2. The lowest BCUT2D eigenvalue weighted by Gasteiger charge is -2.17. The van der Waals surface area contributed by atoms with Crippen LogP contribution in [0, 0.1) is 0 Å². The highest BCUT2D eigenvalue weighted by molar-refractivity contribution is 7.89. The van der Waals surface area contributed by atoms with Crippen molar-refractivity contribution in [2.45, 2.75) is 11.3 Å². The predicted molar refractivity (Wildman–Crippen MR) is 71.6 cm³/mol. The highest BCUT2D eigenvalue weighted by Crippen LogP contribution is 2.27. The van der Waals surface area contributed by atoms with Gasteiger partial charge in [-0.2, -0.15) is 0 Å². The number of carbonyl (C=O) groups is 1. The number of nitrogens with zero attached hydrogens (tertiary/aromatic N) is 1. The largest absolute Gasteiger partial charge is 0.497 e. The number of aliphatic carboxylic acids is 1. The lowest BCUT2D eigenvalue weighted by Crippen LogP contribution is -2.29. The van der Waals surface area contributed by atoms with Crippen molar-refractivity contribution < 1.29 is 27.8 Å². The molecule has 1 N–H and O–H groups in total. The van der Waals surface area contributed by atoms with E-state index in [4.69, 9.17) is 14.6 Å². The molecule has 0 heterocycles. The maximum atomic E-state index is 12.3. The minimum Gasteiger partial charge on any atom is -0.497 e. The van der Waals surface area contributed by atoms with Crippen LogP contribution < -0.4 is 9.47 Å². The molecule has 0 unspecified atom stereocenters. The van der Waals surface area contributed by atoms with Crippen molar-refractivity contribution in [2.24, 2.45) is 0 Å². The van der Waals surface area contributed by atoms with Crippen LogP contribution in [0.15, 0.2) is 23.1 Å². The molecule has 0 saturated carbocycles. The van der Waals surface area contributed by atoms with E-state index in [0.29, 0.717) is 11.5 Å². The Morgan fingerprint density at radius 1 is 1.20 bits per heavy atom. The Bertz CT molecular complexity index is 561. The minimum absolute atomic E-state index is 0.0124. The summed E-state index contributed by atoms with van der Waals surface area (Å²) >= 11 is 0. The number of carboxylic acids is 1. The second-order valence-electron chi connectivity index (χ2n) is 4.02. The van der Waals surface area contributed by atoms with Crippen LogP contribution in [-0.2, 0) is 14.8 Å². The average Bonchev–Trinajstić information content (AvgIpc) is 2.43. The SMILES string of the molecule is COc1cc(OC)cc(S(=O)(=O)N(C)CCC(=O)O)c1. The van der Waals surface area contributed by atoms with Crippen molar-refractivity contribution >= 4 is 16.0 Å². The Kier molecular flexibility index (Phi) is 5.34. The molecule has 8 heteroatoms. The summed E-state index contributed by atoms with van der Waals surface area (Å²) in [5.41, 5.74) is 0. The van der Waals surface area contributed by atoms with E-state index >= 15 is 0 Å². The van der Waals surface area contributed by atoms with E-state index in [0.717, 1.165) is 4.31 Å². The molecular formula is C12H17NO6S. The summed E-state index contributed by atoms with van der Waals surface area (Å²) in [7, 11) is 0.366. The van der Waals surface area contributed by atoms with Crippen LogP contribution in [0.25, 0.3) is 0 Å². The van der Waals surface area contributed by atoms with Gasteiger partial charge in [0.15, 0.2) is 0 Å². The zero-order valence-corrected chi connectivity index (χ0v) is 12.3. The fraction of sp³-hybridized carbons (Fsp3) is 0.417. The van der Waals surface area contributed by atoms with Gasteiger partial charge in [-0.3, -0.25) is 4.79 Å². The molecular weight excluding hydrogens is 286 g/mol. The lowest BCUT2D eigenvalue weighted by atomic mass is 10.3. The standard InChI is InChI=1S/C12H17NO6S/c1-13(5-4-12(14)15)20(16,17)11-7-9(18-2)6-10(8-11)19-3/h6-8H,4-5H2,1-3H3,(H,14,15). The first-order chi connectivity index (χ1) is 9.31. The van der Waals surface area contributed by atoms with Gasteiger partial charge in [0.1, 0.15) is 11.5 Å². The molecule has 0 bridgehead atoms. The molecule has 0 atom stereocenters. The Morgan fingerprint density at radius 2 is 1.70 bits per heavy atom. The molecule has 112 valence electrons. The lowest BCUT2D eigenvalue weighted by molar-refractivity contribution is -0.137. The third kappa shape index (κ3) is 3.84. The smallest absolute Gasteiger partial charge is 0.304 e. The van der Waals surface area contributed by atoms with Gasteiger partial charge in [-0.15, -0.1) is 0 Å². The summed E-state index contributed by atoms with van der Waals surface area (Å²) < 4.78 is 35.6. The summed E-state index contributed by atoms with van der Waals surface area (Å²) in [5.74, 6) is -0.376. The topological polar surface area (TPSA) is 93.1 Å². The van der Waals surface area contributed by atoms with E-state index in [1.807, 2.05) is 0 Å². The van der Waals surface area contributed by atoms with Crippen molar-refractivity contribution in [3.8, 4) is 11.5 Å². The summed E-state index contributed by atoms with van der Waals surface area (Å²) in [4.78, 5) is 10.5. The second-order valence-corrected chi connectivity index (χ2v) is 6.06. The summed E-state index contributed by atoms with van der Waals surface area (Å²) in [6.07, 6.45) is -0.267. The Morgan fingerprint density at radius 3 is 2.10 bits per heavy atom. The minimum atomic E-state index is -3.79. The molecule has 0 amide bonds. The van der Waals surface area contributed by atoms with Crippen molar-refractivity contribution in [1.82, 2.24) is 4.31 Å². The van der Waals surface area contributed by atoms with Crippen LogP contribution in [0.5, 0.6) is 11.5 Å². The quantitative estimate of drug-likeness (QED) is 0.801. The second kappa shape index (κ2) is 6.58. The van der Waals surface area contributed by atoms with Gasteiger partial charge >= 0.3 is 5.97 Å². The third-order valence-corrected chi connectivity index (χ3v) is 4.51. The molecule has 7 nitrogen and oxygen atoms in total. The number of sulfonamides is 1. The number of methoxy groups -OCH3 is 2. The van der Waals surface area contributed by atoms with Gasteiger partial charge in [-0.25, -0.2) is 12.7 Å². The van der Waals surface area contributed by atoms with E-state index in [9.17, 15) is 13.2 Å². The number of hydrogen-bond donors (Lipinski definition) is 1. The fourth-order valence-corrected chi connectivity index (χ4v) is 2.71. The summed E-state index contributed by atoms with van der Waals surface area (Å²) in [6.45, 7) is -0.114. The van der Waals surface area contributed by atoms with E-state index in [1.165, 1.54) is 33.4 Å². The number of carboxylic acid groups (broad SMARTS) is 1. The number of benzene rings is 1. The zero-order chi connectivity index (χ0) is 15.3. The van der Waals surface area contributed by atoms with Gasteiger partial charge in [-0.1, -0.05) is 0 Å². The molecule has 1 rings (SSSR count). The number of ether oxygens (including phenoxy) is 2. The van der Waals surface area contributed by atoms with Crippen molar-refractivity contribution in [1.29, 1.82) is 0 Å². The molecule has 0 aliphatic heterocycles. The van der Waals surface area contributed by atoms with E-state index in [-0.39, 0.29) is 17.9 Å². The molecule has 0 fully saturated rings. The van der Waals surface area contributed by atoms with Gasteiger partial charge in [-0.05, 0) is 0 Å².